The zero-order chi connectivity index (χ0) is 14.8. The molecular formula is C15H13F2N3O. The summed E-state index contributed by atoms with van der Waals surface area (Å²) in [5.74, 6) is -1.03. The first-order chi connectivity index (χ1) is 10.2. The maximum absolute atomic E-state index is 13.2. The van der Waals surface area contributed by atoms with Gasteiger partial charge >= 0.3 is 0 Å². The predicted molar refractivity (Wildman–Crippen MR) is 74.4 cm³/mol. The smallest absolute Gasteiger partial charge is 0.241 e. The molecule has 2 aromatic heterocycles. The first-order valence-corrected chi connectivity index (χ1v) is 6.47. The van der Waals surface area contributed by atoms with Gasteiger partial charge in [0.15, 0.2) is 0 Å². The summed E-state index contributed by atoms with van der Waals surface area (Å²) in [5, 5.41) is 0. The number of benzene rings is 1. The third-order valence-electron chi connectivity index (χ3n) is 3.02. The summed E-state index contributed by atoms with van der Waals surface area (Å²) in [5.41, 5.74) is 7.05. The fourth-order valence-corrected chi connectivity index (χ4v) is 2.17. The van der Waals surface area contributed by atoms with Crippen LogP contribution in [0.1, 0.15) is 5.69 Å². The van der Waals surface area contributed by atoms with E-state index in [1.165, 1.54) is 0 Å². The lowest BCUT2D eigenvalue weighted by molar-refractivity contribution is 0.448. The highest BCUT2D eigenvalue weighted by Gasteiger charge is 2.14. The van der Waals surface area contributed by atoms with Crippen molar-refractivity contribution < 1.29 is 13.5 Å². The van der Waals surface area contributed by atoms with Crippen molar-refractivity contribution in [1.82, 2.24) is 9.38 Å². The average Bonchev–Trinajstić information content (AvgIpc) is 2.76. The molecule has 3 aromatic rings. The van der Waals surface area contributed by atoms with Crippen LogP contribution in [0.25, 0.3) is 5.65 Å². The second-order valence-electron chi connectivity index (χ2n) is 4.54. The van der Waals surface area contributed by atoms with Gasteiger partial charge in [0.2, 0.25) is 5.88 Å². The van der Waals surface area contributed by atoms with Crippen LogP contribution in [0.4, 0.5) is 8.78 Å². The number of aromatic nitrogens is 2. The summed E-state index contributed by atoms with van der Waals surface area (Å²) in [6.07, 6.45) is 2.38. The van der Waals surface area contributed by atoms with Crippen molar-refractivity contribution in [2.45, 2.75) is 6.42 Å². The van der Waals surface area contributed by atoms with Gasteiger partial charge in [0.25, 0.3) is 0 Å². The molecular weight excluding hydrogens is 276 g/mol. The Kier molecular flexibility index (Phi) is 3.53. The number of ether oxygens (including phenoxy) is 1. The summed E-state index contributed by atoms with van der Waals surface area (Å²) in [6, 6.07) is 8.54. The number of imidazole rings is 1. The predicted octanol–water partition coefficient (Wildman–Crippen LogP) is 2.91. The van der Waals surface area contributed by atoms with Crippen LogP contribution in [-0.2, 0) is 6.42 Å². The molecule has 0 aliphatic rings. The molecule has 3 rings (SSSR count). The zero-order valence-electron chi connectivity index (χ0n) is 11.1. The van der Waals surface area contributed by atoms with Crippen molar-refractivity contribution in [3.8, 4) is 11.6 Å². The number of pyridine rings is 1. The van der Waals surface area contributed by atoms with E-state index in [2.05, 4.69) is 4.98 Å². The van der Waals surface area contributed by atoms with Crippen LogP contribution >= 0.6 is 0 Å². The molecule has 2 heterocycles. The van der Waals surface area contributed by atoms with Crippen molar-refractivity contribution in [2.75, 3.05) is 6.54 Å². The van der Waals surface area contributed by atoms with Gasteiger partial charge in [-0.05, 0) is 18.7 Å². The summed E-state index contributed by atoms with van der Waals surface area (Å²) in [4.78, 5) is 4.33. The van der Waals surface area contributed by atoms with E-state index in [4.69, 9.17) is 10.5 Å². The average molecular weight is 289 g/mol. The number of rotatable bonds is 4. The van der Waals surface area contributed by atoms with Gasteiger partial charge in [-0.2, -0.15) is 4.98 Å². The Morgan fingerprint density at radius 1 is 1.14 bits per heavy atom. The standard InChI is InChI=1S/C15H13F2N3O/c16-10-7-11(17)9-12(8-10)21-15-13(4-5-18)20-6-2-1-3-14(20)19-15/h1-3,6-9H,4-5,18H2. The van der Waals surface area contributed by atoms with Gasteiger partial charge < -0.3 is 14.9 Å². The highest BCUT2D eigenvalue weighted by atomic mass is 19.1. The van der Waals surface area contributed by atoms with E-state index >= 15 is 0 Å². The number of fused-ring (bicyclic) bond motifs is 1. The lowest BCUT2D eigenvalue weighted by Gasteiger charge is -2.06. The molecule has 0 radical (unpaired) electrons. The van der Waals surface area contributed by atoms with E-state index in [-0.39, 0.29) is 5.75 Å². The Bertz CT molecular complexity index is 765. The lowest BCUT2D eigenvalue weighted by atomic mass is 10.3. The van der Waals surface area contributed by atoms with Crippen molar-refractivity contribution in [3.63, 3.8) is 0 Å². The van der Waals surface area contributed by atoms with E-state index in [0.29, 0.717) is 24.5 Å². The Balaban J connectivity index is 2.04. The molecule has 0 aliphatic carbocycles. The van der Waals surface area contributed by atoms with Crippen LogP contribution < -0.4 is 10.5 Å². The molecule has 0 bridgehead atoms. The number of hydrogen-bond donors (Lipinski definition) is 1. The Morgan fingerprint density at radius 3 is 2.62 bits per heavy atom. The highest BCUT2D eigenvalue weighted by Crippen LogP contribution is 2.27. The molecule has 2 N–H and O–H groups in total. The molecule has 108 valence electrons. The van der Waals surface area contributed by atoms with E-state index in [0.717, 1.165) is 23.9 Å². The minimum Gasteiger partial charge on any atom is -0.437 e. The van der Waals surface area contributed by atoms with Gasteiger partial charge in [-0.25, -0.2) is 8.78 Å². The first kappa shape index (κ1) is 13.5. The SMILES string of the molecule is NCCc1c(Oc2cc(F)cc(F)c2)nc2ccccn12. The lowest BCUT2D eigenvalue weighted by Crippen LogP contribution is -2.06. The van der Waals surface area contributed by atoms with Crippen molar-refractivity contribution in [2.24, 2.45) is 5.73 Å². The maximum atomic E-state index is 13.2. The molecule has 6 heteroatoms. The van der Waals surface area contributed by atoms with Gasteiger partial charge in [-0.3, -0.25) is 0 Å². The van der Waals surface area contributed by atoms with Gasteiger partial charge in [0, 0.05) is 30.8 Å². The molecule has 0 fully saturated rings. The summed E-state index contributed by atoms with van der Waals surface area (Å²) in [6.45, 7) is 0.413. The number of nitrogens with zero attached hydrogens (tertiary/aromatic N) is 2. The summed E-state index contributed by atoms with van der Waals surface area (Å²) in [7, 11) is 0. The fourth-order valence-electron chi connectivity index (χ4n) is 2.17. The van der Waals surface area contributed by atoms with Crippen molar-refractivity contribution >= 4 is 5.65 Å². The van der Waals surface area contributed by atoms with Crippen LogP contribution in [0, 0.1) is 11.6 Å². The molecule has 0 aliphatic heterocycles. The topological polar surface area (TPSA) is 52.5 Å². The molecule has 0 unspecified atom stereocenters. The Morgan fingerprint density at radius 2 is 1.90 bits per heavy atom. The van der Waals surface area contributed by atoms with Gasteiger partial charge in [-0.15, -0.1) is 0 Å². The minimum atomic E-state index is -0.700. The van der Waals surface area contributed by atoms with Crippen molar-refractivity contribution in [3.05, 3.63) is 59.9 Å². The van der Waals surface area contributed by atoms with Crippen LogP contribution in [0.3, 0.4) is 0 Å². The van der Waals surface area contributed by atoms with E-state index in [1.807, 2.05) is 28.8 Å². The monoisotopic (exact) mass is 289 g/mol. The van der Waals surface area contributed by atoms with Gasteiger partial charge in [0.05, 0.1) is 5.69 Å². The zero-order valence-corrected chi connectivity index (χ0v) is 11.1. The van der Waals surface area contributed by atoms with E-state index < -0.39 is 11.6 Å². The molecule has 21 heavy (non-hydrogen) atoms. The first-order valence-electron chi connectivity index (χ1n) is 6.47. The molecule has 0 spiro atoms. The number of nitrogens with two attached hydrogens (primary N) is 1. The van der Waals surface area contributed by atoms with Crippen LogP contribution in [0.2, 0.25) is 0 Å². The molecule has 0 saturated carbocycles. The Labute approximate surface area is 119 Å². The van der Waals surface area contributed by atoms with Crippen LogP contribution in [0.15, 0.2) is 42.6 Å². The van der Waals surface area contributed by atoms with Gasteiger partial charge in [-0.1, -0.05) is 6.07 Å². The summed E-state index contributed by atoms with van der Waals surface area (Å²) >= 11 is 0. The molecule has 0 amide bonds. The largest absolute Gasteiger partial charge is 0.437 e. The molecule has 4 nitrogen and oxygen atoms in total. The maximum Gasteiger partial charge on any atom is 0.241 e. The second-order valence-corrected chi connectivity index (χ2v) is 4.54. The highest BCUT2D eigenvalue weighted by molar-refractivity contribution is 5.47. The van der Waals surface area contributed by atoms with E-state index in [1.54, 1.807) is 0 Å². The molecule has 0 saturated heterocycles. The molecule has 0 atom stereocenters. The molecule has 1 aromatic carbocycles. The van der Waals surface area contributed by atoms with Gasteiger partial charge in [0.1, 0.15) is 23.0 Å². The summed E-state index contributed by atoms with van der Waals surface area (Å²) < 4.78 is 33.8. The second kappa shape index (κ2) is 5.49. The normalized spacial score (nSPS) is 11.0. The Hall–Kier alpha value is -2.47. The third kappa shape index (κ3) is 2.71. The minimum absolute atomic E-state index is 0.0641. The van der Waals surface area contributed by atoms with Crippen LogP contribution in [-0.4, -0.2) is 15.9 Å². The van der Waals surface area contributed by atoms with E-state index in [9.17, 15) is 8.78 Å². The number of halogens is 2. The third-order valence-corrected chi connectivity index (χ3v) is 3.02. The van der Waals surface area contributed by atoms with Crippen molar-refractivity contribution in [1.29, 1.82) is 0 Å². The number of hydrogen-bond acceptors (Lipinski definition) is 3. The quantitative estimate of drug-likeness (QED) is 0.803. The van der Waals surface area contributed by atoms with Crippen LogP contribution in [0.5, 0.6) is 11.6 Å². The fraction of sp³-hybridized carbons (Fsp3) is 0.133.